The van der Waals surface area contributed by atoms with Crippen LogP contribution in [0.4, 0.5) is 5.69 Å². The second-order valence-corrected chi connectivity index (χ2v) is 5.55. The van der Waals surface area contributed by atoms with E-state index in [0.29, 0.717) is 15.0 Å². The fraction of sp³-hybridized carbons (Fsp3) is 0.0769. The van der Waals surface area contributed by atoms with E-state index in [4.69, 9.17) is 5.11 Å². The summed E-state index contributed by atoms with van der Waals surface area (Å²) in [4.78, 5) is 25.4. The van der Waals surface area contributed by atoms with E-state index in [1.165, 1.54) is 22.3 Å². The second-order valence-electron chi connectivity index (χ2n) is 3.78. The number of aromatic carboxylic acids is 1. The average Bonchev–Trinajstić information content (AvgIpc) is 2.83. The summed E-state index contributed by atoms with van der Waals surface area (Å²) in [7, 11) is 1.57. The largest absolute Gasteiger partial charge is 0.478 e. The maximum absolute atomic E-state index is 12.3. The lowest BCUT2D eigenvalue weighted by Gasteiger charge is -2.18. The molecule has 0 radical (unpaired) electrons. The lowest BCUT2D eigenvalue weighted by Crippen LogP contribution is -2.27. The van der Waals surface area contributed by atoms with E-state index in [2.05, 4.69) is 15.9 Å². The number of carboxylic acids is 1. The van der Waals surface area contributed by atoms with Gasteiger partial charge in [-0.05, 0) is 39.5 Å². The zero-order chi connectivity index (χ0) is 14.0. The van der Waals surface area contributed by atoms with Gasteiger partial charge in [0.1, 0.15) is 4.88 Å². The van der Waals surface area contributed by atoms with Gasteiger partial charge in [0, 0.05) is 11.5 Å². The van der Waals surface area contributed by atoms with Crippen LogP contribution in [0.2, 0.25) is 0 Å². The van der Waals surface area contributed by atoms with Gasteiger partial charge in [-0.15, -0.1) is 11.3 Å². The van der Waals surface area contributed by atoms with E-state index in [-0.39, 0.29) is 11.5 Å². The summed E-state index contributed by atoms with van der Waals surface area (Å²) >= 11 is 4.61. The molecule has 0 aliphatic heterocycles. The zero-order valence-electron chi connectivity index (χ0n) is 9.96. The molecule has 4 nitrogen and oxygen atoms in total. The monoisotopic (exact) mass is 339 g/mol. The Bertz CT molecular complexity index is 638. The third kappa shape index (κ3) is 2.69. The predicted octanol–water partition coefficient (Wildman–Crippen LogP) is 3.49. The number of carboxylic acid groups (broad SMARTS) is 1. The molecule has 98 valence electrons. The Morgan fingerprint density at radius 1 is 1.26 bits per heavy atom. The standard InChI is InChI=1S/C13H10BrNO3S/c1-15(12(16)11-9(14)6-7-19-11)10-5-3-2-4-8(10)13(17)18/h2-7H,1H3,(H,17,18). The van der Waals surface area contributed by atoms with Crippen molar-refractivity contribution >= 4 is 44.8 Å². The van der Waals surface area contributed by atoms with E-state index in [9.17, 15) is 9.59 Å². The van der Waals surface area contributed by atoms with Gasteiger partial charge in [0.2, 0.25) is 0 Å². The molecule has 6 heteroatoms. The second kappa shape index (κ2) is 5.54. The van der Waals surface area contributed by atoms with E-state index in [0.717, 1.165) is 0 Å². The third-order valence-electron chi connectivity index (χ3n) is 2.61. The summed E-state index contributed by atoms with van der Waals surface area (Å²) in [6.07, 6.45) is 0. The molecule has 0 spiro atoms. The van der Waals surface area contributed by atoms with Gasteiger partial charge in [0.05, 0.1) is 11.3 Å². The minimum atomic E-state index is -1.06. The number of nitrogens with zero attached hydrogens (tertiary/aromatic N) is 1. The van der Waals surface area contributed by atoms with Crippen molar-refractivity contribution in [3.63, 3.8) is 0 Å². The van der Waals surface area contributed by atoms with Gasteiger partial charge in [0.15, 0.2) is 0 Å². The molecule has 0 saturated carbocycles. The Labute approximate surface area is 122 Å². The molecule has 1 amide bonds. The van der Waals surface area contributed by atoms with Crippen LogP contribution in [0.25, 0.3) is 0 Å². The maximum Gasteiger partial charge on any atom is 0.337 e. The Morgan fingerprint density at radius 3 is 2.53 bits per heavy atom. The molecule has 0 fully saturated rings. The molecule has 0 bridgehead atoms. The minimum Gasteiger partial charge on any atom is -0.478 e. The number of amides is 1. The van der Waals surface area contributed by atoms with Crippen LogP contribution in [0.3, 0.4) is 0 Å². The van der Waals surface area contributed by atoms with Crippen molar-refractivity contribution in [2.45, 2.75) is 0 Å². The molecule has 0 unspecified atom stereocenters. The Kier molecular flexibility index (Phi) is 4.01. The molecule has 0 saturated heterocycles. The lowest BCUT2D eigenvalue weighted by molar-refractivity contribution is 0.0697. The summed E-state index contributed by atoms with van der Waals surface area (Å²) in [6.45, 7) is 0. The van der Waals surface area contributed by atoms with E-state index in [1.807, 2.05) is 0 Å². The molecule has 0 aliphatic rings. The lowest BCUT2D eigenvalue weighted by atomic mass is 10.1. The first-order valence-corrected chi connectivity index (χ1v) is 7.03. The van der Waals surface area contributed by atoms with Crippen molar-refractivity contribution < 1.29 is 14.7 Å². The molecule has 1 aromatic carbocycles. The molecular formula is C13H10BrNO3S. The summed E-state index contributed by atoms with van der Waals surface area (Å²) in [6, 6.07) is 8.21. The molecule has 1 aromatic heterocycles. The Balaban J connectivity index is 2.40. The van der Waals surface area contributed by atoms with E-state index in [1.54, 1.807) is 36.7 Å². The van der Waals surface area contributed by atoms with Crippen molar-refractivity contribution in [1.82, 2.24) is 0 Å². The predicted molar refractivity (Wildman–Crippen MR) is 78.2 cm³/mol. The first-order valence-electron chi connectivity index (χ1n) is 5.35. The van der Waals surface area contributed by atoms with Gasteiger partial charge in [0.25, 0.3) is 5.91 Å². The molecule has 0 atom stereocenters. The quantitative estimate of drug-likeness (QED) is 0.931. The topological polar surface area (TPSA) is 57.6 Å². The van der Waals surface area contributed by atoms with Crippen LogP contribution >= 0.6 is 27.3 Å². The number of carbonyl (C=O) groups is 2. The highest BCUT2D eigenvalue weighted by Crippen LogP contribution is 2.27. The number of carbonyl (C=O) groups excluding carboxylic acids is 1. The highest BCUT2D eigenvalue weighted by atomic mass is 79.9. The Hall–Kier alpha value is -1.66. The van der Waals surface area contributed by atoms with Crippen LogP contribution in [0.5, 0.6) is 0 Å². The maximum atomic E-state index is 12.3. The molecule has 19 heavy (non-hydrogen) atoms. The molecular weight excluding hydrogens is 330 g/mol. The summed E-state index contributed by atoms with van der Waals surface area (Å²) in [5.41, 5.74) is 0.478. The highest BCUT2D eigenvalue weighted by molar-refractivity contribution is 9.10. The van der Waals surface area contributed by atoms with E-state index >= 15 is 0 Å². The van der Waals surface area contributed by atoms with Crippen LogP contribution in [-0.2, 0) is 0 Å². The van der Waals surface area contributed by atoms with Crippen LogP contribution in [0, 0.1) is 0 Å². The normalized spacial score (nSPS) is 10.2. The fourth-order valence-corrected chi connectivity index (χ4v) is 3.17. The average molecular weight is 340 g/mol. The number of halogens is 1. The van der Waals surface area contributed by atoms with Crippen molar-refractivity contribution in [2.75, 3.05) is 11.9 Å². The van der Waals surface area contributed by atoms with Crippen molar-refractivity contribution in [2.24, 2.45) is 0 Å². The highest BCUT2D eigenvalue weighted by Gasteiger charge is 2.21. The van der Waals surface area contributed by atoms with E-state index < -0.39 is 5.97 Å². The summed E-state index contributed by atoms with van der Waals surface area (Å²) in [5, 5.41) is 10.9. The van der Waals surface area contributed by atoms with Crippen molar-refractivity contribution in [3.8, 4) is 0 Å². The number of para-hydroxylation sites is 1. The molecule has 2 rings (SSSR count). The third-order valence-corrected chi connectivity index (χ3v) is 4.44. The minimum absolute atomic E-state index is 0.103. The number of hydrogen-bond acceptors (Lipinski definition) is 3. The summed E-state index contributed by atoms with van der Waals surface area (Å²) < 4.78 is 0.710. The zero-order valence-corrected chi connectivity index (χ0v) is 12.4. The van der Waals surface area contributed by atoms with Crippen LogP contribution < -0.4 is 4.90 Å². The van der Waals surface area contributed by atoms with Crippen LogP contribution in [0.1, 0.15) is 20.0 Å². The first kappa shape index (κ1) is 13.8. The smallest absolute Gasteiger partial charge is 0.337 e. The van der Waals surface area contributed by atoms with Gasteiger partial charge in [-0.1, -0.05) is 12.1 Å². The van der Waals surface area contributed by atoms with Crippen molar-refractivity contribution in [1.29, 1.82) is 0 Å². The Morgan fingerprint density at radius 2 is 1.95 bits per heavy atom. The number of hydrogen-bond donors (Lipinski definition) is 1. The molecule has 0 aliphatic carbocycles. The van der Waals surface area contributed by atoms with Gasteiger partial charge in [-0.25, -0.2) is 4.79 Å². The summed E-state index contributed by atoms with van der Waals surface area (Å²) in [5.74, 6) is -1.30. The van der Waals surface area contributed by atoms with Gasteiger partial charge in [-0.3, -0.25) is 4.79 Å². The van der Waals surface area contributed by atoms with Crippen LogP contribution in [-0.4, -0.2) is 24.0 Å². The van der Waals surface area contributed by atoms with Gasteiger partial charge in [-0.2, -0.15) is 0 Å². The molecule has 1 heterocycles. The van der Waals surface area contributed by atoms with Gasteiger partial charge < -0.3 is 10.0 Å². The number of benzene rings is 1. The van der Waals surface area contributed by atoms with Crippen LogP contribution in [0.15, 0.2) is 40.2 Å². The van der Waals surface area contributed by atoms with Crippen molar-refractivity contribution in [3.05, 3.63) is 50.6 Å². The number of anilines is 1. The molecule has 1 N–H and O–H groups in total. The molecule has 2 aromatic rings. The van der Waals surface area contributed by atoms with Gasteiger partial charge >= 0.3 is 5.97 Å². The number of thiophene rings is 1. The number of rotatable bonds is 3. The SMILES string of the molecule is CN(C(=O)c1sccc1Br)c1ccccc1C(=O)O. The fourth-order valence-electron chi connectivity index (χ4n) is 1.66. The first-order chi connectivity index (χ1) is 9.02.